The van der Waals surface area contributed by atoms with Crippen molar-refractivity contribution < 1.29 is 0 Å². The van der Waals surface area contributed by atoms with E-state index >= 15 is 0 Å². The quantitative estimate of drug-likeness (QED) is 0.754. The SMILES string of the molecule is Cc1ccc(N2CC(C)NC[C@@H]2C)cc1. The van der Waals surface area contributed by atoms with Crippen molar-refractivity contribution in [3.63, 3.8) is 0 Å². The van der Waals surface area contributed by atoms with Gasteiger partial charge < -0.3 is 10.2 Å². The van der Waals surface area contributed by atoms with Crippen LogP contribution in [0.25, 0.3) is 0 Å². The van der Waals surface area contributed by atoms with Gasteiger partial charge in [0.15, 0.2) is 0 Å². The summed E-state index contributed by atoms with van der Waals surface area (Å²) in [6.07, 6.45) is 0. The van der Waals surface area contributed by atoms with Crippen LogP contribution >= 0.6 is 0 Å². The van der Waals surface area contributed by atoms with E-state index in [2.05, 4.69) is 55.3 Å². The number of hydrogen-bond donors (Lipinski definition) is 1. The van der Waals surface area contributed by atoms with Gasteiger partial charge in [-0.3, -0.25) is 0 Å². The highest BCUT2D eigenvalue weighted by Crippen LogP contribution is 2.19. The maximum Gasteiger partial charge on any atom is 0.0387 e. The third kappa shape index (κ3) is 2.32. The molecule has 0 spiro atoms. The third-order valence-electron chi connectivity index (χ3n) is 3.13. The highest BCUT2D eigenvalue weighted by molar-refractivity contribution is 5.49. The summed E-state index contributed by atoms with van der Waals surface area (Å²) in [6.45, 7) is 8.83. The van der Waals surface area contributed by atoms with Gasteiger partial charge in [0, 0.05) is 30.9 Å². The van der Waals surface area contributed by atoms with Crippen molar-refractivity contribution in [3.8, 4) is 0 Å². The van der Waals surface area contributed by atoms with Gasteiger partial charge in [0.25, 0.3) is 0 Å². The fourth-order valence-corrected chi connectivity index (χ4v) is 2.12. The lowest BCUT2D eigenvalue weighted by molar-refractivity contribution is 0.425. The normalized spacial score (nSPS) is 26.7. The number of nitrogens with one attached hydrogen (secondary N) is 1. The molecule has 0 bridgehead atoms. The molecule has 15 heavy (non-hydrogen) atoms. The van der Waals surface area contributed by atoms with E-state index in [1.807, 2.05) is 0 Å². The van der Waals surface area contributed by atoms with E-state index in [4.69, 9.17) is 0 Å². The minimum Gasteiger partial charge on any atom is -0.366 e. The summed E-state index contributed by atoms with van der Waals surface area (Å²) in [5.74, 6) is 0. The van der Waals surface area contributed by atoms with E-state index in [0.717, 1.165) is 13.1 Å². The van der Waals surface area contributed by atoms with Crippen LogP contribution in [0.15, 0.2) is 24.3 Å². The van der Waals surface area contributed by atoms with Gasteiger partial charge in [-0.15, -0.1) is 0 Å². The zero-order valence-corrected chi connectivity index (χ0v) is 9.83. The van der Waals surface area contributed by atoms with E-state index in [9.17, 15) is 0 Å². The van der Waals surface area contributed by atoms with Crippen molar-refractivity contribution in [1.82, 2.24) is 5.32 Å². The molecule has 1 aromatic carbocycles. The van der Waals surface area contributed by atoms with E-state index in [-0.39, 0.29) is 0 Å². The van der Waals surface area contributed by atoms with Gasteiger partial charge in [-0.05, 0) is 32.9 Å². The van der Waals surface area contributed by atoms with Gasteiger partial charge in [0.2, 0.25) is 0 Å². The molecular weight excluding hydrogens is 184 g/mol. The predicted molar refractivity (Wildman–Crippen MR) is 65.5 cm³/mol. The first kappa shape index (κ1) is 10.5. The second kappa shape index (κ2) is 4.23. The molecule has 1 saturated heterocycles. The average molecular weight is 204 g/mol. The zero-order valence-electron chi connectivity index (χ0n) is 9.83. The summed E-state index contributed by atoms with van der Waals surface area (Å²) in [7, 11) is 0. The monoisotopic (exact) mass is 204 g/mol. The van der Waals surface area contributed by atoms with Gasteiger partial charge in [-0.2, -0.15) is 0 Å². The first-order chi connectivity index (χ1) is 7.16. The topological polar surface area (TPSA) is 15.3 Å². The Morgan fingerprint density at radius 1 is 1.20 bits per heavy atom. The standard InChI is InChI=1S/C13H20N2/c1-10-4-6-13(7-5-10)15-9-11(2)14-8-12(15)3/h4-7,11-12,14H,8-9H2,1-3H3/t11?,12-/m0/s1. The van der Waals surface area contributed by atoms with Gasteiger partial charge in [-0.1, -0.05) is 17.7 Å². The van der Waals surface area contributed by atoms with Crippen molar-refractivity contribution in [1.29, 1.82) is 0 Å². The minimum atomic E-state index is 0.586. The largest absolute Gasteiger partial charge is 0.366 e. The minimum absolute atomic E-state index is 0.586. The van der Waals surface area contributed by atoms with Crippen molar-refractivity contribution in [2.75, 3.05) is 18.0 Å². The van der Waals surface area contributed by atoms with Crippen molar-refractivity contribution in [3.05, 3.63) is 29.8 Å². The molecular formula is C13H20N2. The first-order valence-corrected chi connectivity index (χ1v) is 5.73. The Labute approximate surface area is 92.3 Å². The molecule has 1 heterocycles. The van der Waals surface area contributed by atoms with Crippen LogP contribution in [0.5, 0.6) is 0 Å². The molecule has 2 rings (SSSR count). The Morgan fingerprint density at radius 2 is 1.87 bits per heavy atom. The Morgan fingerprint density at radius 3 is 2.53 bits per heavy atom. The Balaban J connectivity index is 2.17. The number of hydrogen-bond acceptors (Lipinski definition) is 2. The van der Waals surface area contributed by atoms with Crippen LogP contribution in [-0.4, -0.2) is 25.2 Å². The van der Waals surface area contributed by atoms with Gasteiger partial charge in [0.05, 0.1) is 0 Å². The van der Waals surface area contributed by atoms with Gasteiger partial charge >= 0.3 is 0 Å². The lowest BCUT2D eigenvalue weighted by atomic mass is 10.1. The Kier molecular flexibility index (Phi) is 2.96. The molecule has 2 heteroatoms. The Bertz CT molecular complexity index is 318. The van der Waals surface area contributed by atoms with Crippen LogP contribution in [0.3, 0.4) is 0 Å². The lowest BCUT2D eigenvalue weighted by Crippen LogP contribution is -2.54. The van der Waals surface area contributed by atoms with Crippen LogP contribution in [0.4, 0.5) is 5.69 Å². The molecule has 1 aliphatic heterocycles. The molecule has 82 valence electrons. The third-order valence-corrected chi connectivity index (χ3v) is 3.13. The number of benzene rings is 1. The molecule has 2 atom stereocenters. The molecule has 1 fully saturated rings. The number of aryl methyl sites for hydroxylation is 1. The molecule has 0 saturated carbocycles. The van der Waals surface area contributed by atoms with Crippen molar-refractivity contribution >= 4 is 5.69 Å². The predicted octanol–water partition coefficient (Wildman–Crippen LogP) is 2.18. The molecule has 0 radical (unpaired) electrons. The number of nitrogens with zero attached hydrogens (tertiary/aromatic N) is 1. The number of rotatable bonds is 1. The fourth-order valence-electron chi connectivity index (χ4n) is 2.12. The second-order valence-electron chi connectivity index (χ2n) is 4.65. The summed E-state index contributed by atoms with van der Waals surface area (Å²) < 4.78 is 0. The van der Waals surface area contributed by atoms with Crippen LogP contribution < -0.4 is 10.2 Å². The summed E-state index contributed by atoms with van der Waals surface area (Å²) in [4.78, 5) is 2.49. The summed E-state index contributed by atoms with van der Waals surface area (Å²) >= 11 is 0. The number of piperazine rings is 1. The maximum absolute atomic E-state index is 3.50. The van der Waals surface area contributed by atoms with Crippen LogP contribution in [-0.2, 0) is 0 Å². The highest BCUT2D eigenvalue weighted by Gasteiger charge is 2.21. The first-order valence-electron chi connectivity index (χ1n) is 5.73. The molecule has 0 aliphatic carbocycles. The number of anilines is 1. The highest BCUT2D eigenvalue weighted by atomic mass is 15.2. The molecule has 1 aromatic rings. The molecule has 1 aliphatic rings. The maximum atomic E-state index is 3.50. The summed E-state index contributed by atoms with van der Waals surface area (Å²) in [5.41, 5.74) is 2.68. The van der Waals surface area contributed by atoms with Crippen LogP contribution in [0.1, 0.15) is 19.4 Å². The lowest BCUT2D eigenvalue weighted by Gasteiger charge is -2.39. The second-order valence-corrected chi connectivity index (χ2v) is 4.65. The summed E-state index contributed by atoms with van der Waals surface area (Å²) in [6, 6.07) is 10.0. The molecule has 0 amide bonds. The zero-order chi connectivity index (χ0) is 10.8. The molecule has 0 aromatic heterocycles. The Hall–Kier alpha value is -1.02. The van der Waals surface area contributed by atoms with Crippen molar-refractivity contribution in [2.45, 2.75) is 32.9 Å². The fraction of sp³-hybridized carbons (Fsp3) is 0.538. The van der Waals surface area contributed by atoms with Crippen LogP contribution in [0, 0.1) is 6.92 Å². The smallest absolute Gasteiger partial charge is 0.0387 e. The van der Waals surface area contributed by atoms with E-state index in [0.29, 0.717) is 12.1 Å². The van der Waals surface area contributed by atoms with Gasteiger partial charge in [0.1, 0.15) is 0 Å². The molecule has 1 N–H and O–H groups in total. The average Bonchev–Trinajstić information content (AvgIpc) is 2.23. The van der Waals surface area contributed by atoms with Gasteiger partial charge in [-0.25, -0.2) is 0 Å². The van der Waals surface area contributed by atoms with E-state index in [1.165, 1.54) is 11.3 Å². The van der Waals surface area contributed by atoms with E-state index in [1.54, 1.807) is 0 Å². The van der Waals surface area contributed by atoms with Crippen molar-refractivity contribution in [2.24, 2.45) is 0 Å². The van der Waals surface area contributed by atoms with E-state index < -0.39 is 0 Å². The summed E-state index contributed by atoms with van der Waals surface area (Å²) in [5, 5.41) is 3.50. The van der Waals surface area contributed by atoms with Crippen LogP contribution in [0.2, 0.25) is 0 Å². The molecule has 1 unspecified atom stereocenters. The molecule has 2 nitrogen and oxygen atoms in total.